The Balaban J connectivity index is 2.13. The van der Waals surface area contributed by atoms with Gasteiger partial charge in [-0.2, -0.15) is 0 Å². The summed E-state index contributed by atoms with van der Waals surface area (Å²) in [5.41, 5.74) is 6.52. The maximum absolute atomic E-state index is 11.7. The summed E-state index contributed by atoms with van der Waals surface area (Å²) in [5.74, 6) is 0.729. The van der Waals surface area contributed by atoms with E-state index in [1.54, 1.807) is 0 Å². The van der Waals surface area contributed by atoms with Crippen LogP contribution in [0.5, 0.6) is 5.75 Å². The van der Waals surface area contributed by atoms with Gasteiger partial charge < -0.3 is 10.5 Å². The minimum atomic E-state index is -3.01. The van der Waals surface area contributed by atoms with Crippen molar-refractivity contribution in [1.29, 1.82) is 0 Å². The zero-order chi connectivity index (χ0) is 15.5. The molecule has 0 spiro atoms. The van der Waals surface area contributed by atoms with Crippen LogP contribution in [-0.2, 0) is 16.3 Å². The molecule has 1 aliphatic rings. The van der Waals surface area contributed by atoms with E-state index in [0.29, 0.717) is 24.4 Å². The summed E-state index contributed by atoms with van der Waals surface area (Å²) in [6.45, 7) is 0.497. The third kappa shape index (κ3) is 4.34. The first-order valence-electron chi connectivity index (χ1n) is 7.24. The van der Waals surface area contributed by atoms with Crippen LogP contribution in [0.2, 0.25) is 5.02 Å². The predicted molar refractivity (Wildman–Crippen MR) is 85.7 cm³/mol. The van der Waals surface area contributed by atoms with Crippen molar-refractivity contribution >= 4 is 21.4 Å². The van der Waals surface area contributed by atoms with Gasteiger partial charge in [-0.05, 0) is 44.4 Å². The first kappa shape index (κ1) is 16.6. The summed E-state index contributed by atoms with van der Waals surface area (Å²) in [6.07, 6.45) is 4.90. The van der Waals surface area contributed by atoms with Gasteiger partial charge in [0, 0.05) is 23.3 Å². The van der Waals surface area contributed by atoms with Crippen molar-refractivity contribution in [2.45, 2.75) is 43.5 Å². The van der Waals surface area contributed by atoms with Crippen molar-refractivity contribution in [3.63, 3.8) is 0 Å². The Morgan fingerprint density at radius 3 is 2.81 bits per heavy atom. The molecule has 2 unspecified atom stereocenters. The molecule has 1 saturated carbocycles. The Bertz CT molecular complexity index is 589. The van der Waals surface area contributed by atoms with Crippen molar-refractivity contribution in [3.05, 3.63) is 28.8 Å². The number of rotatable bonds is 5. The van der Waals surface area contributed by atoms with E-state index in [1.807, 2.05) is 18.2 Å². The number of halogens is 1. The lowest BCUT2D eigenvalue weighted by molar-refractivity contribution is 0.155. The standard InChI is InChI=1S/C15H22ClNO3S/c1-21(18,19)12-5-2-4-11(10-12)20-15-7-3-6-14(16)13(15)8-9-17/h3,6-7,11-12H,2,4-5,8-10,17H2,1H3. The Labute approximate surface area is 131 Å². The van der Waals surface area contributed by atoms with Crippen LogP contribution in [0.4, 0.5) is 0 Å². The Morgan fingerprint density at radius 1 is 1.38 bits per heavy atom. The summed E-state index contributed by atoms with van der Waals surface area (Å²) in [5, 5.41) is 0.349. The SMILES string of the molecule is CS(=O)(=O)C1CCCC(Oc2cccc(Cl)c2CCN)C1. The number of benzene rings is 1. The normalized spacial score (nSPS) is 23.0. The van der Waals surface area contributed by atoms with Crippen LogP contribution >= 0.6 is 11.6 Å². The van der Waals surface area contributed by atoms with Gasteiger partial charge in [-0.3, -0.25) is 0 Å². The van der Waals surface area contributed by atoms with Gasteiger partial charge in [-0.15, -0.1) is 0 Å². The molecule has 0 saturated heterocycles. The van der Waals surface area contributed by atoms with Gasteiger partial charge in [0.15, 0.2) is 0 Å². The molecule has 0 amide bonds. The van der Waals surface area contributed by atoms with Gasteiger partial charge in [-0.25, -0.2) is 8.42 Å². The zero-order valence-electron chi connectivity index (χ0n) is 12.2. The Kier molecular flexibility index (Phi) is 5.52. The fourth-order valence-electron chi connectivity index (χ4n) is 2.81. The molecule has 0 bridgehead atoms. The van der Waals surface area contributed by atoms with E-state index >= 15 is 0 Å². The fourth-order valence-corrected chi connectivity index (χ4v) is 4.23. The van der Waals surface area contributed by atoms with Crippen molar-refractivity contribution in [2.75, 3.05) is 12.8 Å². The number of nitrogens with two attached hydrogens (primary N) is 1. The molecule has 0 heterocycles. The Morgan fingerprint density at radius 2 is 2.14 bits per heavy atom. The average molecular weight is 332 g/mol. The Hall–Kier alpha value is -0.780. The van der Waals surface area contributed by atoms with E-state index < -0.39 is 9.84 Å². The van der Waals surface area contributed by atoms with Crippen molar-refractivity contribution in [2.24, 2.45) is 5.73 Å². The second kappa shape index (κ2) is 6.99. The van der Waals surface area contributed by atoms with Crippen LogP contribution in [0, 0.1) is 0 Å². The van der Waals surface area contributed by atoms with Crippen molar-refractivity contribution < 1.29 is 13.2 Å². The third-order valence-corrected chi connectivity index (χ3v) is 5.94. The van der Waals surface area contributed by atoms with E-state index in [1.165, 1.54) is 6.26 Å². The molecular formula is C15H22ClNO3S. The average Bonchev–Trinajstić information content (AvgIpc) is 2.42. The highest BCUT2D eigenvalue weighted by atomic mass is 35.5. The molecule has 4 nitrogen and oxygen atoms in total. The quantitative estimate of drug-likeness (QED) is 0.900. The summed E-state index contributed by atoms with van der Waals surface area (Å²) < 4.78 is 29.5. The molecule has 2 rings (SSSR count). The first-order chi connectivity index (χ1) is 9.91. The van der Waals surface area contributed by atoms with E-state index in [-0.39, 0.29) is 11.4 Å². The molecule has 0 radical (unpaired) electrons. The van der Waals surface area contributed by atoms with Crippen LogP contribution in [0.1, 0.15) is 31.2 Å². The number of sulfone groups is 1. The molecule has 0 aliphatic heterocycles. The first-order valence-corrected chi connectivity index (χ1v) is 9.58. The molecule has 0 aromatic heterocycles. The van der Waals surface area contributed by atoms with Crippen LogP contribution in [0.3, 0.4) is 0 Å². The van der Waals surface area contributed by atoms with E-state index in [9.17, 15) is 8.42 Å². The molecule has 118 valence electrons. The molecule has 1 fully saturated rings. The summed E-state index contributed by atoms with van der Waals surface area (Å²) in [4.78, 5) is 0. The maximum Gasteiger partial charge on any atom is 0.150 e. The lowest BCUT2D eigenvalue weighted by Crippen LogP contribution is -2.33. The summed E-state index contributed by atoms with van der Waals surface area (Å²) in [6, 6.07) is 5.54. The van der Waals surface area contributed by atoms with Crippen LogP contribution in [-0.4, -0.2) is 32.6 Å². The highest BCUT2D eigenvalue weighted by Gasteiger charge is 2.30. The van der Waals surface area contributed by atoms with Gasteiger partial charge in [0.1, 0.15) is 15.6 Å². The van der Waals surface area contributed by atoms with Gasteiger partial charge in [0.2, 0.25) is 0 Å². The second-order valence-corrected chi connectivity index (χ2v) is 8.35. The molecule has 2 N–H and O–H groups in total. The lowest BCUT2D eigenvalue weighted by atomic mass is 9.97. The molecule has 21 heavy (non-hydrogen) atoms. The topological polar surface area (TPSA) is 69.4 Å². The maximum atomic E-state index is 11.7. The van der Waals surface area contributed by atoms with Crippen LogP contribution < -0.4 is 10.5 Å². The number of hydrogen-bond acceptors (Lipinski definition) is 4. The van der Waals surface area contributed by atoms with Crippen LogP contribution in [0.25, 0.3) is 0 Å². The summed E-state index contributed by atoms with van der Waals surface area (Å²) in [7, 11) is -3.01. The minimum Gasteiger partial charge on any atom is -0.490 e. The second-order valence-electron chi connectivity index (χ2n) is 5.61. The highest BCUT2D eigenvalue weighted by Crippen LogP contribution is 2.32. The summed E-state index contributed by atoms with van der Waals surface area (Å²) >= 11 is 6.20. The molecule has 1 aliphatic carbocycles. The zero-order valence-corrected chi connectivity index (χ0v) is 13.8. The number of ether oxygens (including phenoxy) is 1. The predicted octanol–water partition coefficient (Wildman–Crippen LogP) is 2.58. The minimum absolute atomic E-state index is 0.0755. The fraction of sp³-hybridized carbons (Fsp3) is 0.600. The van der Waals surface area contributed by atoms with Crippen molar-refractivity contribution in [3.8, 4) is 5.75 Å². The van der Waals surface area contributed by atoms with Gasteiger partial charge in [0.05, 0.1) is 11.4 Å². The van der Waals surface area contributed by atoms with Gasteiger partial charge >= 0.3 is 0 Å². The van der Waals surface area contributed by atoms with Crippen molar-refractivity contribution in [1.82, 2.24) is 0 Å². The highest BCUT2D eigenvalue weighted by molar-refractivity contribution is 7.91. The molecule has 2 atom stereocenters. The molecule has 1 aromatic rings. The monoisotopic (exact) mass is 331 g/mol. The van der Waals surface area contributed by atoms with Crippen LogP contribution in [0.15, 0.2) is 18.2 Å². The lowest BCUT2D eigenvalue weighted by Gasteiger charge is -2.29. The van der Waals surface area contributed by atoms with E-state index in [0.717, 1.165) is 30.6 Å². The van der Waals surface area contributed by atoms with E-state index in [4.69, 9.17) is 22.1 Å². The van der Waals surface area contributed by atoms with Gasteiger partial charge in [0.25, 0.3) is 0 Å². The number of hydrogen-bond donors (Lipinski definition) is 1. The van der Waals surface area contributed by atoms with E-state index in [2.05, 4.69) is 0 Å². The smallest absolute Gasteiger partial charge is 0.150 e. The van der Waals surface area contributed by atoms with Gasteiger partial charge in [-0.1, -0.05) is 17.7 Å². The third-order valence-electron chi connectivity index (χ3n) is 3.95. The largest absolute Gasteiger partial charge is 0.490 e. The molecule has 1 aromatic carbocycles. The molecule has 6 heteroatoms. The molecular weight excluding hydrogens is 310 g/mol.